The number of guanidine groups is 1. The summed E-state index contributed by atoms with van der Waals surface area (Å²) in [4.78, 5) is 4.81. The monoisotopic (exact) mass is 562 g/mol. The fourth-order valence-corrected chi connectivity index (χ4v) is 4.09. The van der Waals surface area contributed by atoms with E-state index in [0.717, 1.165) is 11.1 Å². The maximum Gasteiger partial charge on any atom is 0.243 e. The van der Waals surface area contributed by atoms with Crippen molar-refractivity contribution in [2.24, 2.45) is 4.99 Å². The Kier molecular flexibility index (Phi) is 10.9. The Morgan fingerprint density at radius 2 is 1.71 bits per heavy atom. The highest BCUT2D eigenvalue weighted by Gasteiger charge is 2.22. The van der Waals surface area contributed by atoms with Gasteiger partial charge in [0, 0.05) is 26.2 Å². The van der Waals surface area contributed by atoms with Crippen LogP contribution >= 0.6 is 24.0 Å². The first kappa shape index (κ1) is 27.3. The van der Waals surface area contributed by atoms with E-state index in [-0.39, 0.29) is 40.7 Å². The maximum absolute atomic E-state index is 13.4. The van der Waals surface area contributed by atoms with Crippen LogP contribution in [0.3, 0.4) is 0 Å². The Morgan fingerprint density at radius 3 is 2.26 bits per heavy atom. The average Bonchev–Trinajstić information content (AvgIpc) is 2.72. The fraction of sp³-hybridized carbons (Fsp3) is 0.409. The lowest BCUT2D eigenvalue weighted by Gasteiger charge is -2.21. The quantitative estimate of drug-likeness (QED) is 0.290. The van der Waals surface area contributed by atoms with Crippen LogP contribution in [0.25, 0.3) is 0 Å². The number of sulfonamides is 1. The highest BCUT2D eigenvalue weighted by atomic mass is 127. The third-order valence-corrected chi connectivity index (χ3v) is 6.82. The number of halogens is 2. The van der Waals surface area contributed by atoms with Gasteiger partial charge in [-0.25, -0.2) is 17.8 Å². The molecule has 2 rings (SSSR count). The first-order valence-electron chi connectivity index (χ1n) is 9.99. The number of hydrogen-bond donors (Lipinski definition) is 2. The van der Waals surface area contributed by atoms with Crippen molar-refractivity contribution in [1.29, 1.82) is 0 Å². The Bertz CT molecular complexity index is 980. The van der Waals surface area contributed by atoms with Gasteiger partial charge in [0.2, 0.25) is 10.0 Å². The normalized spacial score (nSPS) is 12.1. The summed E-state index contributed by atoms with van der Waals surface area (Å²) >= 11 is 0. The van der Waals surface area contributed by atoms with Gasteiger partial charge in [0.05, 0.1) is 11.4 Å². The van der Waals surface area contributed by atoms with Crippen LogP contribution in [-0.2, 0) is 23.1 Å². The summed E-state index contributed by atoms with van der Waals surface area (Å²) in [5.41, 5.74) is 2.46. The SMILES string of the molecule is CCNC(=NCc1ccc(F)c(C)c1)NCc1ccc(S(=O)(=O)N(C)C(C)C)cc1.I. The van der Waals surface area contributed by atoms with Crippen LogP contribution in [0, 0.1) is 12.7 Å². The van der Waals surface area contributed by atoms with Gasteiger partial charge in [-0.15, -0.1) is 24.0 Å². The second kappa shape index (κ2) is 12.4. The maximum atomic E-state index is 13.4. The van der Waals surface area contributed by atoms with E-state index in [1.54, 1.807) is 50.4 Å². The minimum absolute atomic E-state index is 0. The first-order chi connectivity index (χ1) is 14.1. The molecule has 0 bridgehead atoms. The second-order valence-electron chi connectivity index (χ2n) is 7.39. The highest BCUT2D eigenvalue weighted by Crippen LogP contribution is 2.17. The van der Waals surface area contributed by atoms with Crippen molar-refractivity contribution < 1.29 is 12.8 Å². The molecule has 0 atom stereocenters. The van der Waals surface area contributed by atoms with E-state index in [4.69, 9.17) is 0 Å². The number of aliphatic imine (C=N–C) groups is 1. The number of nitrogens with one attached hydrogen (secondary N) is 2. The Balaban J connectivity index is 0.00000480. The molecule has 2 aromatic carbocycles. The molecule has 0 fully saturated rings. The van der Waals surface area contributed by atoms with Crippen LogP contribution in [0.5, 0.6) is 0 Å². The molecular formula is C22H32FIN4O2S. The Labute approximate surface area is 202 Å². The zero-order valence-electron chi connectivity index (χ0n) is 18.6. The van der Waals surface area contributed by atoms with Gasteiger partial charge in [-0.1, -0.05) is 24.3 Å². The van der Waals surface area contributed by atoms with Crippen LogP contribution < -0.4 is 10.6 Å². The number of hydrogen-bond acceptors (Lipinski definition) is 3. The van der Waals surface area contributed by atoms with E-state index < -0.39 is 10.0 Å². The summed E-state index contributed by atoms with van der Waals surface area (Å²) in [6, 6.07) is 11.7. The van der Waals surface area contributed by atoms with E-state index in [1.807, 2.05) is 20.8 Å². The molecule has 0 aliphatic carbocycles. The van der Waals surface area contributed by atoms with E-state index in [2.05, 4.69) is 15.6 Å². The van der Waals surface area contributed by atoms with Crippen LogP contribution in [0.2, 0.25) is 0 Å². The predicted molar refractivity (Wildman–Crippen MR) is 135 cm³/mol. The van der Waals surface area contributed by atoms with E-state index in [1.165, 1.54) is 10.4 Å². The molecule has 6 nitrogen and oxygen atoms in total. The summed E-state index contributed by atoms with van der Waals surface area (Å²) < 4.78 is 39.9. The molecule has 0 aliphatic rings. The molecular weight excluding hydrogens is 530 g/mol. The smallest absolute Gasteiger partial charge is 0.243 e. The van der Waals surface area contributed by atoms with Crippen LogP contribution in [-0.4, -0.2) is 38.3 Å². The molecule has 0 aromatic heterocycles. The number of nitrogens with zero attached hydrogens (tertiary/aromatic N) is 2. The molecule has 31 heavy (non-hydrogen) atoms. The molecule has 0 amide bonds. The van der Waals surface area contributed by atoms with Gasteiger partial charge in [-0.05, 0) is 62.6 Å². The molecule has 0 heterocycles. The molecule has 9 heteroatoms. The average molecular weight is 562 g/mol. The van der Waals surface area contributed by atoms with Crippen molar-refractivity contribution in [1.82, 2.24) is 14.9 Å². The van der Waals surface area contributed by atoms with Gasteiger partial charge in [0.25, 0.3) is 0 Å². The fourth-order valence-electron chi connectivity index (χ4n) is 2.73. The Morgan fingerprint density at radius 1 is 1.10 bits per heavy atom. The largest absolute Gasteiger partial charge is 0.357 e. The second-order valence-corrected chi connectivity index (χ2v) is 9.39. The lowest BCUT2D eigenvalue weighted by Crippen LogP contribution is -2.36. The van der Waals surface area contributed by atoms with Crippen molar-refractivity contribution in [2.45, 2.75) is 51.7 Å². The molecule has 0 saturated heterocycles. The van der Waals surface area contributed by atoms with Gasteiger partial charge < -0.3 is 10.6 Å². The van der Waals surface area contributed by atoms with Crippen LogP contribution in [0.1, 0.15) is 37.5 Å². The summed E-state index contributed by atoms with van der Waals surface area (Å²) in [6.45, 7) is 9.01. The summed E-state index contributed by atoms with van der Waals surface area (Å²) in [7, 11) is -1.91. The number of benzene rings is 2. The number of rotatable bonds is 8. The van der Waals surface area contributed by atoms with Crippen LogP contribution in [0.15, 0.2) is 52.4 Å². The molecule has 0 saturated carbocycles. The molecule has 0 aliphatic heterocycles. The molecule has 0 radical (unpaired) electrons. The topological polar surface area (TPSA) is 73.8 Å². The molecule has 2 N–H and O–H groups in total. The van der Waals surface area contributed by atoms with Crippen LogP contribution in [0.4, 0.5) is 4.39 Å². The lowest BCUT2D eigenvalue weighted by atomic mass is 10.1. The predicted octanol–water partition coefficient (Wildman–Crippen LogP) is 4.04. The Hall–Kier alpha value is -1.72. The van der Waals surface area contributed by atoms with Gasteiger partial charge in [0.1, 0.15) is 5.82 Å². The molecule has 172 valence electrons. The first-order valence-corrected chi connectivity index (χ1v) is 11.4. The van der Waals surface area contributed by atoms with Crippen molar-refractivity contribution in [2.75, 3.05) is 13.6 Å². The van der Waals surface area contributed by atoms with Gasteiger partial charge in [-0.3, -0.25) is 0 Å². The van der Waals surface area contributed by atoms with Crippen molar-refractivity contribution in [3.63, 3.8) is 0 Å². The zero-order valence-corrected chi connectivity index (χ0v) is 21.8. The zero-order chi connectivity index (χ0) is 22.3. The van der Waals surface area contributed by atoms with Gasteiger partial charge in [-0.2, -0.15) is 4.31 Å². The van der Waals surface area contributed by atoms with Crippen molar-refractivity contribution in [3.05, 3.63) is 65.0 Å². The van der Waals surface area contributed by atoms with E-state index in [0.29, 0.717) is 31.2 Å². The third-order valence-electron chi connectivity index (χ3n) is 4.77. The lowest BCUT2D eigenvalue weighted by molar-refractivity contribution is 0.410. The van der Waals surface area contributed by atoms with E-state index >= 15 is 0 Å². The summed E-state index contributed by atoms with van der Waals surface area (Å²) in [6.07, 6.45) is 0. The van der Waals surface area contributed by atoms with Gasteiger partial charge >= 0.3 is 0 Å². The molecule has 2 aromatic rings. The van der Waals surface area contributed by atoms with E-state index in [9.17, 15) is 12.8 Å². The highest BCUT2D eigenvalue weighted by molar-refractivity contribution is 14.0. The summed E-state index contributed by atoms with van der Waals surface area (Å²) in [5, 5.41) is 6.41. The minimum Gasteiger partial charge on any atom is -0.357 e. The van der Waals surface area contributed by atoms with Gasteiger partial charge in [0.15, 0.2) is 5.96 Å². The molecule has 0 spiro atoms. The van der Waals surface area contributed by atoms with Crippen molar-refractivity contribution in [3.8, 4) is 0 Å². The third kappa shape index (κ3) is 7.73. The van der Waals surface area contributed by atoms with Crippen molar-refractivity contribution >= 4 is 40.0 Å². The summed E-state index contributed by atoms with van der Waals surface area (Å²) in [5.74, 6) is 0.411. The minimum atomic E-state index is -3.49. The molecule has 0 unspecified atom stereocenters. The number of aryl methyl sites for hydroxylation is 1. The standard InChI is InChI=1S/C22H31FN4O2S.HI/c1-6-24-22(26-15-19-9-12-21(23)17(4)13-19)25-14-18-7-10-20(11-8-18)30(28,29)27(5)16(2)3;/h7-13,16H,6,14-15H2,1-5H3,(H2,24,25,26);1H.